The van der Waals surface area contributed by atoms with Crippen LogP contribution in [-0.4, -0.2) is 43.5 Å². The number of likely N-dealkylation sites (N-methyl/N-ethyl adjacent to an activating group) is 1. The molecule has 0 spiro atoms. The van der Waals surface area contributed by atoms with E-state index < -0.39 is 11.8 Å². The minimum atomic E-state index is -0.588. The normalized spacial score (nSPS) is 10.0. The summed E-state index contributed by atoms with van der Waals surface area (Å²) in [5.41, 5.74) is 1.00. The zero-order chi connectivity index (χ0) is 14.1. The third kappa shape index (κ3) is 5.09. The standard InChI is InChI=1S/C14H20N2O3/c1-3-16(11-12-7-5-4-6-8-12)14(18)13(17)15-9-10-19-2/h4-8H,3,9-11H2,1-2H3,(H,15,17). The Labute approximate surface area is 113 Å². The zero-order valence-electron chi connectivity index (χ0n) is 11.4. The molecule has 0 aliphatic carbocycles. The minimum absolute atomic E-state index is 0.337. The molecule has 0 radical (unpaired) electrons. The molecule has 104 valence electrons. The number of carbonyl (C=O) groups is 2. The average Bonchev–Trinajstić information content (AvgIpc) is 2.45. The summed E-state index contributed by atoms with van der Waals surface area (Å²) in [6.07, 6.45) is 0. The van der Waals surface area contributed by atoms with Crippen LogP contribution < -0.4 is 5.32 Å². The molecule has 1 N–H and O–H groups in total. The highest BCUT2D eigenvalue weighted by atomic mass is 16.5. The Bertz CT molecular complexity index is 406. The van der Waals surface area contributed by atoms with Gasteiger partial charge in [0.1, 0.15) is 0 Å². The van der Waals surface area contributed by atoms with Crippen molar-refractivity contribution in [2.24, 2.45) is 0 Å². The Kier molecular flexibility index (Phi) is 6.60. The van der Waals surface area contributed by atoms with Crippen molar-refractivity contribution in [3.63, 3.8) is 0 Å². The van der Waals surface area contributed by atoms with Crippen molar-refractivity contribution < 1.29 is 14.3 Å². The van der Waals surface area contributed by atoms with Gasteiger partial charge in [-0.15, -0.1) is 0 Å². The van der Waals surface area contributed by atoms with Gasteiger partial charge in [-0.1, -0.05) is 30.3 Å². The Morgan fingerprint density at radius 3 is 2.53 bits per heavy atom. The highest BCUT2D eigenvalue weighted by molar-refractivity contribution is 6.34. The van der Waals surface area contributed by atoms with Crippen molar-refractivity contribution in [2.45, 2.75) is 13.5 Å². The number of hydrogen-bond donors (Lipinski definition) is 1. The van der Waals surface area contributed by atoms with Gasteiger partial charge in [0, 0.05) is 26.7 Å². The lowest BCUT2D eigenvalue weighted by atomic mass is 10.2. The van der Waals surface area contributed by atoms with E-state index in [1.807, 2.05) is 37.3 Å². The molecule has 0 aromatic heterocycles. The van der Waals surface area contributed by atoms with Gasteiger partial charge in [0.25, 0.3) is 0 Å². The van der Waals surface area contributed by atoms with Crippen LogP contribution in [-0.2, 0) is 20.9 Å². The van der Waals surface area contributed by atoms with Crippen LogP contribution >= 0.6 is 0 Å². The average molecular weight is 264 g/mol. The second kappa shape index (κ2) is 8.26. The first-order valence-corrected chi connectivity index (χ1v) is 6.29. The molecule has 1 rings (SSSR count). The predicted molar refractivity (Wildman–Crippen MR) is 72.4 cm³/mol. The van der Waals surface area contributed by atoms with E-state index in [2.05, 4.69) is 5.32 Å². The van der Waals surface area contributed by atoms with Crippen LogP contribution in [0.3, 0.4) is 0 Å². The number of nitrogens with one attached hydrogen (secondary N) is 1. The van der Waals surface area contributed by atoms with E-state index >= 15 is 0 Å². The number of hydrogen-bond acceptors (Lipinski definition) is 3. The summed E-state index contributed by atoms with van der Waals surface area (Å²) in [6.45, 7) is 3.51. The van der Waals surface area contributed by atoms with Crippen LogP contribution in [0.25, 0.3) is 0 Å². The fraction of sp³-hybridized carbons (Fsp3) is 0.429. The molecule has 0 bridgehead atoms. The molecular formula is C14H20N2O3. The SMILES string of the molecule is CCN(Cc1ccccc1)C(=O)C(=O)NCCOC. The third-order valence-electron chi connectivity index (χ3n) is 2.67. The number of methoxy groups -OCH3 is 1. The first-order valence-electron chi connectivity index (χ1n) is 6.29. The molecule has 0 fully saturated rings. The molecule has 0 aliphatic rings. The van der Waals surface area contributed by atoms with Crippen molar-refractivity contribution >= 4 is 11.8 Å². The van der Waals surface area contributed by atoms with Gasteiger partial charge in [-0.3, -0.25) is 9.59 Å². The van der Waals surface area contributed by atoms with Gasteiger partial charge in [-0.05, 0) is 12.5 Å². The molecule has 0 atom stereocenters. The Morgan fingerprint density at radius 1 is 1.26 bits per heavy atom. The van der Waals surface area contributed by atoms with E-state index in [1.54, 1.807) is 7.11 Å². The summed E-state index contributed by atoms with van der Waals surface area (Å²) in [4.78, 5) is 25.1. The van der Waals surface area contributed by atoms with Gasteiger partial charge in [0.2, 0.25) is 0 Å². The van der Waals surface area contributed by atoms with Crippen LogP contribution in [0.4, 0.5) is 0 Å². The summed E-state index contributed by atoms with van der Waals surface area (Å²) in [7, 11) is 1.54. The molecular weight excluding hydrogens is 244 g/mol. The lowest BCUT2D eigenvalue weighted by Crippen LogP contribution is -2.43. The second-order valence-corrected chi connectivity index (χ2v) is 4.05. The van der Waals surface area contributed by atoms with Crippen LogP contribution in [0, 0.1) is 0 Å². The van der Waals surface area contributed by atoms with Gasteiger partial charge in [0.05, 0.1) is 6.61 Å². The molecule has 0 heterocycles. The highest BCUT2D eigenvalue weighted by Crippen LogP contribution is 2.04. The maximum atomic E-state index is 11.9. The van der Waals surface area contributed by atoms with Gasteiger partial charge in [-0.25, -0.2) is 0 Å². The molecule has 5 nitrogen and oxygen atoms in total. The number of benzene rings is 1. The molecule has 2 amide bonds. The Balaban J connectivity index is 2.54. The number of nitrogens with zero attached hydrogens (tertiary/aromatic N) is 1. The van der Waals surface area contributed by atoms with Crippen LogP contribution in [0.1, 0.15) is 12.5 Å². The molecule has 0 aliphatic heterocycles. The van der Waals surface area contributed by atoms with E-state index in [0.717, 1.165) is 5.56 Å². The van der Waals surface area contributed by atoms with Crippen LogP contribution in [0.5, 0.6) is 0 Å². The quantitative estimate of drug-likeness (QED) is 0.610. The summed E-state index contributed by atoms with van der Waals surface area (Å²) >= 11 is 0. The molecule has 1 aromatic carbocycles. The van der Waals surface area contributed by atoms with Gasteiger partial charge >= 0.3 is 11.8 Å². The van der Waals surface area contributed by atoms with Crippen molar-refractivity contribution in [3.8, 4) is 0 Å². The minimum Gasteiger partial charge on any atom is -0.383 e. The number of amides is 2. The van der Waals surface area contributed by atoms with E-state index in [-0.39, 0.29) is 0 Å². The lowest BCUT2D eigenvalue weighted by molar-refractivity contribution is -0.146. The Morgan fingerprint density at radius 2 is 1.95 bits per heavy atom. The second-order valence-electron chi connectivity index (χ2n) is 4.05. The molecule has 19 heavy (non-hydrogen) atoms. The monoisotopic (exact) mass is 264 g/mol. The number of rotatable bonds is 6. The third-order valence-corrected chi connectivity index (χ3v) is 2.67. The van der Waals surface area contributed by atoms with Gasteiger partial charge < -0.3 is 15.0 Å². The zero-order valence-corrected chi connectivity index (χ0v) is 11.4. The largest absolute Gasteiger partial charge is 0.383 e. The summed E-state index contributed by atoms with van der Waals surface area (Å²) < 4.78 is 4.81. The molecule has 0 saturated heterocycles. The van der Waals surface area contributed by atoms with Crippen molar-refractivity contribution in [1.29, 1.82) is 0 Å². The summed E-state index contributed by atoms with van der Waals surface area (Å²) in [5, 5.41) is 2.53. The van der Waals surface area contributed by atoms with Crippen LogP contribution in [0.2, 0.25) is 0 Å². The van der Waals surface area contributed by atoms with E-state index in [4.69, 9.17) is 4.74 Å². The molecule has 0 saturated carbocycles. The van der Waals surface area contributed by atoms with Crippen molar-refractivity contribution in [2.75, 3.05) is 26.8 Å². The first kappa shape index (κ1) is 15.2. The number of carbonyl (C=O) groups excluding carboxylic acids is 2. The molecule has 1 aromatic rings. The Hall–Kier alpha value is -1.88. The smallest absolute Gasteiger partial charge is 0.312 e. The lowest BCUT2D eigenvalue weighted by Gasteiger charge is -2.20. The maximum absolute atomic E-state index is 11.9. The predicted octanol–water partition coefficient (Wildman–Crippen LogP) is 0.798. The first-order chi connectivity index (χ1) is 9.19. The van der Waals surface area contributed by atoms with Crippen molar-refractivity contribution in [1.82, 2.24) is 10.2 Å². The number of ether oxygens (including phenoxy) is 1. The fourth-order valence-electron chi connectivity index (χ4n) is 1.62. The maximum Gasteiger partial charge on any atom is 0.312 e. The molecule has 5 heteroatoms. The summed E-state index contributed by atoms with van der Waals surface area (Å²) in [5.74, 6) is -1.10. The molecule has 0 unspecified atom stereocenters. The topological polar surface area (TPSA) is 58.6 Å². The van der Waals surface area contributed by atoms with Crippen LogP contribution in [0.15, 0.2) is 30.3 Å². The van der Waals surface area contributed by atoms with E-state index in [9.17, 15) is 9.59 Å². The summed E-state index contributed by atoms with van der Waals surface area (Å²) in [6, 6.07) is 9.59. The highest BCUT2D eigenvalue weighted by Gasteiger charge is 2.20. The van der Waals surface area contributed by atoms with E-state index in [0.29, 0.717) is 26.2 Å². The van der Waals surface area contributed by atoms with Gasteiger partial charge in [-0.2, -0.15) is 0 Å². The fourth-order valence-corrected chi connectivity index (χ4v) is 1.62. The van der Waals surface area contributed by atoms with E-state index in [1.165, 1.54) is 4.90 Å². The van der Waals surface area contributed by atoms with Gasteiger partial charge in [0.15, 0.2) is 0 Å². The van der Waals surface area contributed by atoms with Crippen molar-refractivity contribution in [3.05, 3.63) is 35.9 Å².